The van der Waals surface area contributed by atoms with E-state index in [2.05, 4.69) is 27.3 Å². The maximum absolute atomic E-state index is 13.0. The molecule has 0 atom stereocenters. The summed E-state index contributed by atoms with van der Waals surface area (Å²) in [7, 11) is 1.44. The van der Waals surface area contributed by atoms with Gasteiger partial charge >= 0.3 is 5.97 Å². The minimum absolute atomic E-state index is 0.0809. The second-order valence-electron chi connectivity index (χ2n) is 8.61. The Labute approximate surface area is 201 Å². The molecular weight excluding hydrogens is 446 g/mol. The van der Waals surface area contributed by atoms with Crippen LogP contribution in [0.15, 0.2) is 63.8 Å². The SMILES string of the molecule is COc1ccc(NCCc2cc(C)cc3c(=O)cc(N4Cc5ccccc5C4)oc23)c(C(=O)O)n1. The van der Waals surface area contributed by atoms with Crippen LogP contribution in [-0.4, -0.2) is 29.7 Å². The van der Waals surface area contributed by atoms with Crippen molar-refractivity contribution < 1.29 is 19.1 Å². The lowest BCUT2D eigenvalue weighted by atomic mass is 10.0. The van der Waals surface area contributed by atoms with Crippen molar-refractivity contribution in [3.8, 4) is 5.88 Å². The summed E-state index contributed by atoms with van der Waals surface area (Å²) in [5, 5.41) is 13.2. The van der Waals surface area contributed by atoms with E-state index in [0.29, 0.717) is 48.6 Å². The van der Waals surface area contributed by atoms with Gasteiger partial charge in [-0.15, -0.1) is 0 Å². The Morgan fingerprint density at radius 1 is 1.14 bits per heavy atom. The van der Waals surface area contributed by atoms with Crippen molar-refractivity contribution in [3.63, 3.8) is 0 Å². The molecule has 0 amide bonds. The lowest BCUT2D eigenvalue weighted by Gasteiger charge is -2.17. The fourth-order valence-corrected chi connectivity index (χ4v) is 4.50. The fraction of sp³-hybridized carbons (Fsp3) is 0.222. The number of aryl methyl sites for hydroxylation is 1. The van der Waals surface area contributed by atoms with Crippen LogP contribution in [0.4, 0.5) is 11.6 Å². The topological polar surface area (TPSA) is 105 Å². The highest BCUT2D eigenvalue weighted by Gasteiger charge is 2.22. The highest BCUT2D eigenvalue weighted by molar-refractivity contribution is 5.92. The number of hydrogen-bond donors (Lipinski definition) is 2. The summed E-state index contributed by atoms with van der Waals surface area (Å²) in [6.07, 6.45) is 0.524. The summed E-state index contributed by atoms with van der Waals surface area (Å²) in [4.78, 5) is 30.7. The molecule has 8 heteroatoms. The number of aromatic carboxylic acids is 1. The molecule has 0 saturated heterocycles. The molecule has 2 N–H and O–H groups in total. The molecule has 2 aromatic carbocycles. The molecular formula is C27H25N3O5. The molecule has 1 aliphatic heterocycles. The molecule has 4 aromatic rings. The first-order valence-corrected chi connectivity index (χ1v) is 11.3. The molecule has 0 radical (unpaired) electrons. The lowest BCUT2D eigenvalue weighted by Crippen LogP contribution is -2.17. The monoisotopic (exact) mass is 471 g/mol. The van der Waals surface area contributed by atoms with Crippen LogP contribution < -0.4 is 20.4 Å². The number of nitrogens with zero attached hydrogens (tertiary/aromatic N) is 2. The number of nitrogens with one attached hydrogen (secondary N) is 1. The van der Waals surface area contributed by atoms with Gasteiger partial charge in [-0.1, -0.05) is 30.3 Å². The Bertz CT molecular complexity index is 1470. The van der Waals surface area contributed by atoms with Crippen molar-refractivity contribution >= 4 is 28.5 Å². The van der Waals surface area contributed by atoms with Gasteiger partial charge in [-0.3, -0.25) is 4.79 Å². The van der Waals surface area contributed by atoms with Gasteiger partial charge in [-0.25, -0.2) is 9.78 Å². The molecule has 35 heavy (non-hydrogen) atoms. The summed E-state index contributed by atoms with van der Waals surface area (Å²) in [5.41, 5.74) is 5.05. The first kappa shape index (κ1) is 22.5. The number of carboxylic acid groups (broad SMARTS) is 1. The van der Waals surface area contributed by atoms with E-state index >= 15 is 0 Å². The number of fused-ring (bicyclic) bond motifs is 2. The normalized spacial score (nSPS) is 12.6. The Balaban J connectivity index is 1.43. The van der Waals surface area contributed by atoms with E-state index in [4.69, 9.17) is 9.15 Å². The number of ether oxygens (including phenoxy) is 1. The van der Waals surface area contributed by atoms with Crippen molar-refractivity contribution in [3.05, 3.63) is 92.8 Å². The van der Waals surface area contributed by atoms with Crippen LogP contribution in [0.5, 0.6) is 5.88 Å². The Hall–Kier alpha value is -4.33. The third kappa shape index (κ3) is 4.42. The average Bonchev–Trinajstić information content (AvgIpc) is 3.29. The molecule has 0 spiro atoms. The van der Waals surface area contributed by atoms with Crippen molar-refractivity contribution in [1.82, 2.24) is 4.98 Å². The van der Waals surface area contributed by atoms with E-state index in [9.17, 15) is 14.7 Å². The van der Waals surface area contributed by atoms with Gasteiger partial charge in [0.05, 0.1) is 18.2 Å². The standard InChI is InChI=1S/C27H25N3O5/c1-16-11-17(9-10-28-21-7-8-23(34-2)29-25(21)27(32)33)26-20(12-16)22(31)13-24(35-26)30-14-18-5-3-4-6-19(18)15-30/h3-8,11-13,28H,9-10,14-15H2,1-2H3,(H,32,33). The quantitative estimate of drug-likeness (QED) is 0.409. The Morgan fingerprint density at radius 2 is 1.89 bits per heavy atom. The maximum Gasteiger partial charge on any atom is 0.356 e. The van der Waals surface area contributed by atoms with E-state index in [1.54, 1.807) is 18.2 Å². The smallest absolute Gasteiger partial charge is 0.356 e. The van der Waals surface area contributed by atoms with E-state index in [1.807, 2.05) is 31.2 Å². The molecule has 3 heterocycles. The van der Waals surface area contributed by atoms with E-state index in [1.165, 1.54) is 18.2 Å². The van der Waals surface area contributed by atoms with Crippen LogP contribution in [0.1, 0.15) is 32.7 Å². The summed E-state index contributed by atoms with van der Waals surface area (Å²) in [5.74, 6) is -0.366. The van der Waals surface area contributed by atoms with E-state index < -0.39 is 5.97 Å². The number of hydrogen-bond acceptors (Lipinski definition) is 7. The summed E-state index contributed by atoms with van der Waals surface area (Å²) < 4.78 is 11.3. The minimum atomic E-state index is -1.14. The zero-order chi connectivity index (χ0) is 24.5. The van der Waals surface area contributed by atoms with Crippen LogP contribution in [0.25, 0.3) is 11.0 Å². The van der Waals surface area contributed by atoms with Gasteiger partial charge in [0.1, 0.15) is 5.58 Å². The van der Waals surface area contributed by atoms with Gasteiger partial charge in [-0.05, 0) is 47.7 Å². The van der Waals surface area contributed by atoms with Gasteiger partial charge in [0, 0.05) is 31.8 Å². The number of aromatic nitrogens is 1. The predicted molar refractivity (Wildman–Crippen MR) is 133 cm³/mol. The van der Waals surface area contributed by atoms with Crippen LogP contribution in [-0.2, 0) is 19.5 Å². The van der Waals surface area contributed by atoms with Crippen molar-refractivity contribution in [2.45, 2.75) is 26.4 Å². The van der Waals surface area contributed by atoms with Crippen LogP contribution >= 0.6 is 0 Å². The molecule has 0 aliphatic carbocycles. The molecule has 0 saturated carbocycles. The highest BCUT2D eigenvalue weighted by atomic mass is 16.5. The summed E-state index contributed by atoms with van der Waals surface area (Å²) in [6, 6.07) is 16.9. The zero-order valence-corrected chi connectivity index (χ0v) is 19.5. The van der Waals surface area contributed by atoms with Gasteiger partial charge in [-0.2, -0.15) is 0 Å². The van der Waals surface area contributed by atoms with Crippen molar-refractivity contribution in [2.75, 3.05) is 23.9 Å². The zero-order valence-electron chi connectivity index (χ0n) is 19.5. The molecule has 0 fully saturated rings. The maximum atomic E-state index is 13.0. The fourth-order valence-electron chi connectivity index (χ4n) is 4.50. The van der Waals surface area contributed by atoms with Gasteiger partial charge in [0.15, 0.2) is 11.1 Å². The molecule has 0 unspecified atom stereocenters. The minimum Gasteiger partial charge on any atom is -0.481 e. The Morgan fingerprint density at radius 3 is 2.57 bits per heavy atom. The van der Waals surface area contributed by atoms with E-state index in [-0.39, 0.29) is 17.0 Å². The largest absolute Gasteiger partial charge is 0.481 e. The van der Waals surface area contributed by atoms with Crippen LogP contribution in [0.2, 0.25) is 0 Å². The first-order valence-electron chi connectivity index (χ1n) is 11.3. The molecule has 1 aliphatic rings. The molecule has 0 bridgehead atoms. The predicted octanol–water partition coefficient (Wildman–Crippen LogP) is 4.38. The van der Waals surface area contributed by atoms with Gasteiger partial charge < -0.3 is 24.5 Å². The number of pyridine rings is 1. The van der Waals surface area contributed by atoms with Gasteiger partial charge in [0.25, 0.3) is 0 Å². The van der Waals surface area contributed by atoms with Crippen molar-refractivity contribution in [1.29, 1.82) is 0 Å². The van der Waals surface area contributed by atoms with Crippen LogP contribution in [0, 0.1) is 6.92 Å². The number of anilines is 2. The highest BCUT2D eigenvalue weighted by Crippen LogP contribution is 2.30. The number of carbonyl (C=O) groups is 1. The number of rotatable bonds is 7. The van der Waals surface area contributed by atoms with E-state index in [0.717, 1.165) is 11.1 Å². The summed E-state index contributed by atoms with van der Waals surface area (Å²) in [6.45, 7) is 3.75. The number of methoxy groups -OCH3 is 1. The third-order valence-electron chi connectivity index (χ3n) is 6.18. The lowest BCUT2D eigenvalue weighted by molar-refractivity contribution is 0.0690. The number of carboxylic acids is 1. The average molecular weight is 472 g/mol. The van der Waals surface area contributed by atoms with Gasteiger partial charge in [0.2, 0.25) is 11.8 Å². The Kier molecular flexibility index (Phi) is 5.86. The molecule has 8 nitrogen and oxygen atoms in total. The summed E-state index contributed by atoms with van der Waals surface area (Å²) >= 11 is 0. The third-order valence-corrected chi connectivity index (χ3v) is 6.18. The van der Waals surface area contributed by atoms with Crippen LogP contribution in [0.3, 0.4) is 0 Å². The first-order chi connectivity index (χ1) is 16.9. The van der Waals surface area contributed by atoms with Crippen molar-refractivity contribution in [2.24, 2.45) is 0 Å². The molecule has 178 valence electrons. The second-order valence-corrected chi connectivity index (χ2v) is 8.61. The number of benzene rings is 2. The second kappa shape index (κ2) is 9.13. The molecule has 5 rings (SSSR count). The molecule has 2 aromatic heterocycles.